The second-order valence-electron chi connectivity index (χ2n) is 6.68. The van der Waals surface area contributed by atoms with Crippen LogP contribution in [0.4, 0.5) is 5.69 Å². The standard InChI is InChI=1S/C16H26N2O3/c1-12(2)8-9-21-15-7-6-14(18(19)20)10-13(15)11-17-16(3,4)5/h6-7,10,12,17H,8-9,11H2,1-5H3. The maximum atomic E-state index is 10.9. The van der Waals surface area contributed by atoms with Crippen molar-refractivity contribution in [3.63, 3.8) is 0 Å². The molecule has 0 aliphatic rings. The molecule has 1 rings (SSSR count). The molecular formula is C16H26N2O3. The van der Waals surface area contributed by atoms with Crippen LogP contribution in [0, 0.1) is 16.0 Å². The second-order valence-corrected chi connectivity index (χ2v) is 6.68. The van der Waals surface area contributed by atoms with Crippen LogP contribution in [-0.2, 0) is 6.54 Å². The van der Waals surface area contributed by atoms with Gasteiger partial charge < -0.3 is 10.1 Å². The number of nitrogens with zero attached hydrogens (tertiary/aromatic N) is 1. The highest BCUT2D eigenvalue weighted by Gasteiger charge is 2.15. The second kappa shape index (κ2) is 7.41. The monoisotopic (exact) mass is 294 g/mol. The van der Waals surface area contributed by atoms with Crippen LogP contribution in [0.5, 0.6) is 5.75 Å². The number of nitro groups is 1. The Morgan fingerprint density at radius 2 is 2.00 bits per heavy atom. The van der Waals surface area contributed by atoms with Gasteiger partial charge in [-0.15, -0.1) is 0 Å². The van der Waals surface area contributed by atoms with Crippen molar-refractivity contribution in [2.75, 3.05) is 6.61 Å². The molecule has 0 spiro atoms. The Morgan fingerprint density at radius 3 is 2.52 bits per heavy atom. The first-order chi connectivity index (χ1) is 9.69. The highest BCUT2D eigenvalue weighted by atomic mass is 16.6. The number of benzene rings is 1. The van der Waals surface area contributed by atoms with Crippen LogP contribution in [0.15, 0.2) is 18.2 Å². The Balaban J connectivity index is 2.86. The third-order valence-corrected chi connectivity index (χ3v) is 3.02. The summed E-state index contributed by atoms with van der Waals surface area (Å²) in [5.74, 6) is 1.29. The van der Waals surface area contributed by atoms with Gasteiger partial charge in [0.25, 0.3) is 5.69 Å². The van der Waals surface area contributed by atoms with Crippen LogP contribution in [0.25, 0.3) is 0 Å². The maximum Gasteiger partial charge on any atom is 0.270 e. The summed E-state index contributed by atoms with van der Waals surface area (Å²) in [4.78, 5) is 10.5. The van der Waals surface area contributed by atoms with E-state index in [1.165, 1.54) is 6.07 Å². The van der Waals surface area contributed by atoms with Crippen LogP contribution in [-0.4, -0.2) is 17.1 Å². The summed E-state index contributed by atoms with van der Waals surface area (Å²) < 4.78 is 5.79. The highest BCUT2D eigenvalue weighted by Crippen LogP contribution is 2.25. The number of non-ortho nitro benzene ring substituents is 1. The summed E-state index contributed by atoms with van der Waals surface area (Å²) in [6.45, 7) is 11.6. The molecule has 0 saturated carbocycles. The molecule has 118 valence electrons. The van der Waals surface area contributed by atoms with E-state index >= 15 is 0 Å². The van der Waals surface area contributed by atoms with E-state index < -0.39 is 0 Å². The van der Waals surface area contributed by atoms with Crippen LogP contribution in [0.3, 0.4) is 0 Å². The Bertz CT molecular complexity index is 479. The minimum Gasteiger partial charge on any atom is -0.493 e. The fourth-order valence-corrected chi connectivity index (χ4v) is 1.72. The summed E-state index contributed by atoms with van der Waals surface area (Å²) in [7, 11) is 0. The summed E-state index contributed by atoms with van der Waals surface area (Å²) in [5, 5.41) is 14.3. The fourth-order valence-electron chi connectivity index (χ4n) is 1.72. The largest absolute Gasteiger partial charge is 0.493 e. The van der Waals surface area contributed by atoms with Crippen molar-refractivity contribution in [2.45, 2.75) is 53.1 Å². The smallest absolute Gasteiger partial charge is 0.270 e. The molecule has 21 heavy (non-hydrogen) atoms. The molecule has 0 atom stereocenters. The van der Waals surface area contributed by atoms with Gasteiger partial charge >= 0.3 is 0 Å². The molecule has 1 N–H and O–H groups in total. The SMILES string of the molecule is CC(C)CCOc1ccc([N+](=O)[O-])cc1CNC(C)(C)C. The van der Waals surface area contributed by atoms with Gasteiger partial charge in [0.15, 0.2) is 0 Å². The molecule has 0 heterocycles. The Hall–Kier alpha value is -1.62. The van der Waals surface area contributed by atoms with Crippen molar-refractivity contribution in [2.24, 2.45) is 5.92 Å². The van der Waals surface area contributed by atoms with Gasteiger partial charge in [0.05, 0.1) is 11.5 Å². The molecule has 5 heteroatoms. The molecule has 0 unspecified atom stereocenters. The number of hydrogen-bond donors (Lipinski definition) is 1. The predicted octanol–water partition coefficient (Wildman–Crippen LogP) is 3.91. The van der Waals surface area contributed by atoms with E-state index in [0.29, 0.717) is 19.1 Å². The van der Waals surface area contributed by atoms with Crippen molar-refractivity contribution in [3.8, 4) is 5.75 Å². The summed E-state index contributed by atoms with van der Waals surface area (Å²) in [5.41, 5.74) is 0.861. The molecule has 0 aliphatic heterocycles. The molecule has 0 bridgehead atoms. The number of nitro benzene ring substituents is 1. The third-order valence-electron chi connectivity index (χ3n) is 3.02. The van der Waals surface area contributed by atoms with E-state index in [1.54, 1.807) is 12.1 Å². The lowest BCUT2D eigenvalue weighted by Gasteiger charge is -2.21. The van der Waals surface area contributed by atoms with Crippen LogP contribution in [0.1, 0.15) is 46.6 Å². The van der Waals surface area contributed by atoms with Crippen molar-refractivity contribution in [1.82, 2.24) is 5.32 Å². The normalized spacial score (nSPS) is 11.7. The van der Waals surface area contributed by atoms with Gasteiger partial charge in [0, 0.05) is 29.8 Å². The van der Waals surface area contributed by atoms with E-state index in [2.05, 4.69) is 39.9 Å². The quantitative estimate of drug-likeness (QED) is 0.611. The number of ether oxygens (including phenoxy) is 1. The number of nitrogens with one attached hydrogen (secondary N) is 1. The van der Waals surface area contributed by atoms with Gasteiger partial charge in [-0.25, -0.2) is 0 Å². The molecule has 1 aromatic rings. The molecular weight excluding hydrogens is 268 g/mol. The molecule has 0 radical (unpaired) electrons. The summed E-state index contributed by atoms with van der Waals surface area (Å²) in [6.07, 6.45) is 0.961. The topological polar surface area (TPSA) is 64.4 Å². The summed E-state index contributed by atoms with van der Waals surface area (Å²) in [6, 6.07) is 4.77. The lowest BCUT2D eigenvalue weighted by molar-refractivity contribution is -0.384. The number of rotatable bonds is 7. The average Bonchev–Trinajstić information content (AvgIpc) is 2.35. The fraction of sp³-hybridized carbons (Fsp3) is 0.625. The van der Waals surface area contributed by atoms with Gasteiger partial charge in [0.1, 0.15) is 5.75 Å². The van der Waals surface area contributed by atoms with Gasteiger partial charge in [0.2, 0.25) is 0 Å². The molecule has 0 aromatic heterocycles. The molecule has 0 amide bonds. The molecule has 5 nitrogen and oxygen atoms in total. The van der Waals surface area contributed by atoms with E-state index in [4.69, 9.17) is 4.74 Å². The zero-order valence-corrected chi connectivity index (χ0v) is 13.6. The number of hydrogen-bond acceptors (Lipinski definition) is 4. The van der Waals surface area contributed by atoms with Crippen molar-refractivity contribution in [1.29, 1.82) is 0 Å². The van der Waals surface area contributed by atoms with Crippen LogP contribution >= 0.6 is 0 Å². The minimum absolute atomic E-state index is 0.0557. The summed E-state index contributed by atoms with van der Waals surface area (Å²) >= 11 is 0. The Labute approximate surface area is 126 Å². The zero-order valence-electron chi connectivity index (χ0n) is 13.6. The molecule has 0 aliphatic carbocycles. The van der Waals surface area contributed by atoms with E-state index in [1.807, 2.05) is 0 Å². The third kappa shape index (κ3) is 6.58. The van der Waals surface area contributed by atoms with E-state index in [-0.39, 0.29) is 16.1 Å². The first kappa shape index (κ1) is 17.4. The average molecular weight is 294 g/mol. The maximum absolute atomic E-state index is 10.9. The predicted molar refractivity (Wildman–Crippen MR) is 84.6 cm³/mol. The Morgan fingerprint density at radius 1 is 1.33 bits per heavy atom. The Kier molecular flexibility index (Phi) is 6.15. The molecule has 0 saturated heterocycles. The van der Waals surface area contributed by atoms with Crippen molar-refractivity contribution < 1.29 is 9.66 Å². The zero-order chi connectivity index (χ0) is 16.0. The van der Waals surface area contributed by atoms with Crippen molar-refractivity contribution >= 4 is 5.69 Å². The minimum atomic E-state index is -0.377. The lowest BCUT2D eigenvalue weighted by atomic mass is 10.1. The molecule has 0 fully saturated rings. The van der Waals surface area contributed by atoms with Gasteiger partial charge in [-0.3, -0.25) is 10.1 Å². The van der Waals surface area contributed by atoms with Gasteiger partial charge in [-0.2, -0.15) is 0 Å². The molecule has 1 aromatic carbocycles. The van der Waals surface area contributed by atoms with E-state index in [9.17, 15) is 10.1 Å². The van der Waals surface area contributed by atoms with Crippen LogP contribution < -0.4 is 10.1 Å². The van der Waals surface area contributed by atoms with E-state index in [0.717, 1.165) is 17.7 Å². The first-order valence-corrected chi connectivity index (χ1v) is 7.34. The van der Waals surface area contributed by atoms with Crippen molar-refractivity contribution in [3.05, 3.63) is 33.9 Å². The van der Waals surface area contributed by atoms with Crippen LogP contribution in [0.2, 0.25) is 0 Å². The highest BCUT2D eigenvalue weighted by molar-refractivity contribution is 5.43. The van der Waals surface area contributed by atoms with Gasteiger partial charge in [-0.1, -0.05) is 13.8 Å². The first-order valence-electron chi connectivity index (χ1n) is 7.34. The van der Waals surface area contributed by atoms with Gasteiger partial charge in [-0.05, 0) is 39.2 Å². The lowest BCUT2D eigenvalue weighted by Crippen LogP contribution is -2.35.